The zero-order valence-electron chi connectivity index (χ0n) is 7.55. The van der Waals surface area contributed by atoms with Crippen molar-refractivity contribution in [2.24, 2.45) is 11.3 Å². The van der Waals surface area contributed by atoms with Gasteiger partial charge in [0.05, 0.1) is 18.1 Å². The monoisotopic (exact) mass is 165 g/mol. The van der Waals surface area contributed by atoms with Crippen LogP contribution in [0.15, 0.2) is 12.7 Å². The number of hydrogen-bond donors (Lipinski definition) is 0. The number of nitriles is 1. The Morgan fingerprint density at radius 1 is 1.75 bits per heavy atom. The molecule has 1 fully saturated rings. The minimum Gasteiger partial charge on any atom is -0.380 e. The fraction of sp³-hybridized carbons (Fsp3) is 0.700. The number of nitrogens with zero attached hydrogens (tertiary/aromatic N) is 1. The molecule has 0 bridgehead atoms. The molecule has 66 valence electrons. The van der Waals surface area contributed by atoms with Crippen LogP contribution in [0.4, 0.5) is 0 Å². The summed E-state index contributed by atoms with van der Waals surface area (Å²) in [4.78, 5) is 0. The Bertz CT molecular complexity index is 198. The van der Waals surface area contributed by atoms with E-state index in [4.69, 9.17) is 10.00 Å². The minimum absolute atomic E-state index is 0.225. The second kappa shape index (κ2) is 3.73. The van der Waals surface area contributed by atoms with Crippen LogP contribution in [-0.4, -0.2) is 13.2 Å². The van der Waals surface area contributed by atoms with Crippen molar-refractivity contribution in [2.45, 2.75) is 19.8 Å². The fourth-order valence-electron chi connectivity index (χ4n) is 1.59. The van der Waals surface area contributed by atoms with Crippen molar-refractivity contribution in [3.05, 3.63) is 12.7 Å². The minimum atomic E-state index is -0.306. The Hall–Kier alpha value is -0.810. The van der Waals surface area contributed by atoms with E-state index >= 15 is 0 Å². The zero-order chi connectivity index (χ0) is 9.03. The van der Waals surface area contributed by atoms with Crippen LogP contribution in [0.1, 0.15) is 19.8 Å². The molecule has 0 radical (unpaired) electrons. The highest BCUT2D eigenvalue weighted by Crippen LogP contribution is 2.36. The molecular formula is C10H15NO. The first kappa shape index (κ1) is 9.28. The van der Waals surface area contributed by atoms with Crippen LogP contribution in [0.2, 0.25) is 0 Å². The van der Waals surface area contributed by atoms with Crippen molar-refractivity contribution in [3.63, 3.8) is 0 Å². The second-order valence-electron chi connectivity index (χ2n) is 3.45. The molecule has 0 aromatic carbocycles. The van der Waals surface area contributed by atoms with E-state index in [1.165, 1.54) is 0 Å². The van der Waals surface area contributed by atoms with Crippen LogP contribution in [-0.2, 0) is 4.74 Å². The smallest absolute Gasteiger partial charge is 0.0867 e. The molecule has 1 aliphatic heterocycles. The first-order valence-electron chi connectivity index (χ1n) is 4.37. The van der Waals surface area contributed by atoms with Gasteiger partial charge in [0.15, 0.2) is 0 Å². The standard InChI is InChI=1S/C10H15NO/c1-3-9(2)10(7-11)5-4-6-12-8-10/h3,9H,1,4-6,8H2,2H3. The second-order valence-corrected chi connectivity index (χ2v) is 3.45. The lowest BCUT2D eigenvalue weighted by atomic mass is 9.74. The molecule has 0 aromatic rings. The molecule has 2 heteroatoms. The Labute approximate surface area is 73.8 Å². The van der Waals surface area contributed by atoms with Gasteiger partial charge in [-0.3, -0.25) is 0 Å². The molecule has 2 atom stereocenters. The summed E-state index contributed by atoms with van der Waals surface area (Å²) in [6, 6.07) is 2.37. The molecule has 12 heavy (non-hydrogen) atoms. The molecule has 0 saturated carbocycles. The maximum Gasteiger partial charge on any atom is 0.0867 e. The fourth-order valence-corrected chi connectivity index (χ4v) is 1.59. The molecule has 0 aromatic heterocycles. The number of ether oxygens (including phenoxy) is 1. The van der Waals surface area contributed by atoms with E-state index in [0.29, 0.717) is 6.61 Å². The van der Waals surface area contributed by atoms with Gasteiger partial charge in [0.2, 0.25) is 0 Å². The van der Waals surface area contributed by atoms with Gasteiger partial charge in [-0.2, -0.15) is 5.26 Å². The maximum absolute atomic E-state index is 9.07. The summed E-state index contributed by atoms with van der Waals surface area (Å²) >= 11 is 0. The van der Waals surface area contributed by atoms with Crippen molar-refractivity contribution in [1.82, 2.24) is 0 Å². The molecule has 1 rings (SSSR count). The lowest BCUT2D eigenvalue weighted by molar-refractivity contribution is 0.00523. The third kappa shape index (κ3) is 1.51. The van der Waals surface area contributed by atoms with Crippen molar-refractivity contribution >= 4 is 0 Å². The predicted molar refractivity (Wildman–Crippen MR) is 47.5 cm³/mol. The van der Waals surface area contributed by atoms with Crippen LogP contribution >= 0.6 is 0 Å². The average molecular weight is 165 g/mol. The van der Waals surface area contributed by atoms with Crippen LogP contribution in [0.3, 0.4) is 0 Å². The molecule has 0 amide bonds. The molecule has 0 N–H and O–H groups in total. The van der Waals surface area contributed by atoms with Crippen molar-refractivity contribution in [3.8, 4) is 6.07 Å². The van der Waals surface area contributed by atoms with Crippen LogP contribution < -0.4 is 0 Å². The summed E-state index contributed by atoms with van der Waals surface area (Å²) < 4.78 is 5.33. The summed E-state index contributed by atoms with van der Waals surface area (Å²) in [5.74, 6) is 0.225. The van der Waals surface area contributed by atoms with Crippen LogP contribution in [0, 0.1) is 22.7 Å². The molecular weight excluding hydrogens is 150 g/mol. The Kier molecular flexibility index (Phi) is 2.88. The van der Waals surface area contributed by atoms with Crippen molar-refractivity contribution < 1.29 is 4.74 Å². The number of hydrogen-bond acceptors (Lipinski definition) is 2. The molecule has 2 nitrogen and oxygen atoms in total. The van der Waals surface area contributed by atoms with E-state index in [1.54, 1.807) is 0 Å². The van der Waals surface area contributed by atoms with Crippen LogP contribution in [0.5, 0.6) is 0 Å². The van der Waals surface area contributed by atoms with E-state index in [9.17, 15) is 0 Å². The van der Waals surface area contributed by atoms with Crippen LogP contribution in [0.25, 0.3) is 0 Å². The van der Waals surface area contributed by atoms with Gasteiger partial charge in [-0.15, -0.1) is 6.58 Å². The van der Waals surface area contributed by atoms with Crippen molar-refractivity contribution in [2.75, 3.05) is 13.2 Å². The first-order valence-corrected chi connectivity index (χ1v) is 4.37. The third-order valence-corrected chi connectivity index (χ3v) is 2.72. The number of rotatable bonds is 2. The Morgan fingerprint density at radius 3 is 2.92 bits per heavy atom. The topological polar surface area (TPSA) is 33.0 Å². The van der Waals surface area contributed by atoms with E-state index < -0.39 is 0 Å². The lowest BCUT2D eigenvalue weighted by Gasteiger charge is -2.34. The van der Waals surface area contributed by atoms with Crippen molar-refractivity contribution in [1.29, 1.82) is 5.26 Å². The van der Waals surface area contributed by atoms with Gasteiger partial charge < -0.3 is 4.74 Å². The largest absolute Gasteiger partial charge is 0.380 e. The Morgan fingerprint density at radius 2 is 2.50 bits per heavy atom. The first-order chi connectivity index (χ1) is 5.75. The Balaban J connectivity index is 2.74. The van der Waals surface area contributed by atoms with Gasteiger partial charge in [-0.1, -0.05) is 13.0 Å². The molecule has 1 aliphatic rings. The summed E-state index contributed by atoms with van der Waals surface area (Å²) in [5, 5.41) is 9.07. The lowest BCUT2D eigenvalue weighted by Crippen LogP contribution is -2.35. The summed E-state index contributed by atoms with van der Waals surface area (Å²) in [6.07, 6.45) is 3.78. The average Bonchev–Trinajstić information content (AvgIpc) is 2.17. The highest BCUT2D eigenvalue weighted by atomic mass is 16.5. The third-order valence-electron chi connectivity index (χ3n) is 2.72. The molecule has 0 spiro atoms. The molecule has 1 heterocycles. The zero-order valence-corrected chi connectivity index (χ0v) is 7.55. The van der Waals surface area contributed by atoms with E-state index in [1.807, 2.05) is 13.0 Å². The van der Waals surface area contributed by atoms with Gasteiger partial charge in [0, 0.05) is 6.61 Å². The van der Waals surface area contributed by atoms with E-state index in [-0.39, 0.29) is 11.3 Å². The maximum atomic E-state index is 9.07. The molecule has 0 aliphatic carbocycles. The van der Waals surface area contributed by atoms with E-state index in [0.717, 1.165) is 19.4 Å². The predicted octanol–water partition coefficient (Wildman–Crippen LogP) is 2.13. The summed E-state index contributed by atoms with van der Waals surface area (Å²) in [6.45, 7) is 7.12. The highest BCUT2D eigenvalue weighted by molar-refractivity contribution is 5.07. The number of allylic oxidation sites excluding steroid dienone is 1. The van der Waals surface area contributed by atoms with E-state index in [2.05, 4.69) is 12.6 Å². The normalized spacial score (nSPS) is 32.0. The summed E-state index contributed by atoms with van der Waals surface area (Å²) in [7, 11) is 0. The van der Waals surface area contributed by atoms with Gasteiger partial charge >= 0.3 is 0 Å². The van der Waals surface area contributed by atoms with Gasteiger partial charge in [-0.25, -0.2) is 0 Å². The summed E-state index contributed by atoms with van der Waals surface area (Å²) in [5.41, 5.74) is -0.306. The quantitative estimate of drug-likeness (QED) is 0.587. The molecule has 2 unspecified atom stereocenters. The molecule has 1 saturated heterocycles. The highest BCUT2D eigenvalue weighted by Gasteiger charge is 2.36. The SMILES string of the molecule is C=CC(C)C1(C#N)CCCOC1. The van der Waals surface area contributed by atoms with Gasteiger partial charge in [-0.05, 0) is 18.8 Å². The van der Waals surface area contributed by atoms with Gasteiger partial charge in [0.1, 0.15) is 0 Å². The van der Waals surface area contributed by atoms with Gasteiger partial charge in [0.25, 0.3) is 0 Å².